The van der Waals surface area contributed by atoms with E-state index in [1.54, 1.807) is 0 Å². The zero-order valence-electron chi connectivity index (χ0n) is 10.5. The lowest BCUT2D eigenvalue weighted by molar-refractivity contribution is -0.115. The monoisotopic (exact) mass is 254 g/mol. The molecule has 1 aliphatic carbocycles. The number of rotatable bonds is 2. The van der Waals surface area contributed by atoms with E-state index < -0.39 is 0 Å². The average molecular weight is 254 g/mol. The van der Waals surface area contributed by atoms with Crippen LogP contribution in [0.15, 0.2) is 22.6 Å². The van der Waals surface area contributed by atoms with Crippen LogP contribution in [0.2, 0.25) is 0 Å². The summed E-state index contributed by atoms with van der Waals surface area (Å²) in [6.45, 7) is 0. The van der Waals surface area contributed by atoms with Crippen LogP contribution in [-0.4, -0.2) is 5.91 Å². The summed E-state index contributed by atoms with van der Waals surface area (Å²) in [6, 6.07) is 7.60. The molecule has 0 aliphatic heterocycles. The molecule has 4 nitrogen and oxygen atoms in total. The lowest BCUT2D eigenvalue weighted by Gasteiger charge is -2.08. The summed E-state index contributed by atoms with van der Waals surface area (Å²) in [6.07, 6.45) is 4.21. The molecule has 0 saturated heterocycles. The Hall–Kier alpha value is -2.28. The number of para-hydroxylation sites is 1. The highest BCUT2D eigenvalue weighted by molar-refractivity contribution is 6.01. The fraction of sp³-hybridized carbons (Fsp3) is 0.333. The molecule has 0 unspecified atom stereocenters. The van der Waals surface area contributed by atoms with Gasteiger partial charge in [0.2, 0.25) is 5.91 Å². The Morgan fingerprint density at radius 2 is 2.21 bits per heavy atom. The number of carbonyl (C=O) groups excluding carboxylic acids is 1. The summed E-state index contributed by atoms with van der Waals surface area (Å²) in [5, 5.41) is 12.4. The third-order valence-electron chi connectivity index (χ3n) is 3.50. The zero-order valence-corrected chi connectivity index (χ0v) is 10.5. The van der Waals surface area contributed by atoms with Gasteiger partial charge in [0.25, 0.3) is 0 Å². The summed E-state index contributed by atoms with van der Waals surface area (Å²) in [5.41, 5.74) is 2.67. The second-order valence-electron chi connectivity index (χ2n) is 4.78. The molecule has 19 heavy (non-hydrogen) atoms. The van der Waals surface area contributed by atoms with Crippen LogP contribution in [0.1, 0.15) is 30.6 Å². The van der Waals surface area contributed by atoms with Gasteiger partial charge in [-0.15, -0.1) is 0 Å². The SMILES string of the molecule is N#CCC(=O)Nc1cccc2c3c(oc12)CCCC3. The minimum absolute atomic E-state index is 0.142. The van der Waals surface area contributed by atoms with Gasteiger partial charge in [-0.25, -0.2) is 0 Å². The quantitative estimate of drug-likeness (QED) is 0.895. The molecule has 1 aromatic heterocycles. The maximum Gasteiger partial charge on any atom is 0.238 e. The first-order chi connectivity index (χ1) is 9.29. The molecule has 96 valence electrons. The van der Waals surface area contributed by atoms with E-state index >= 15 is 0 Å². The molecule has 0 bridgehead atoms. The Morgan fingerprint density at radius 3 is 3.05 bits per heavy atom. The highest BCUT2D eigenvalue weighted by Gasteiger charge is 2.19. The zero-order chi connectivity index (χ0) is 13.2. The number of furan rings is 1. The normalized spacial score (nSPS) is 13.8. The first kappa shape index (κ1) is 11.8. The van der Waals surface area contributed by atoms with Gasteiger partial charge < -0.3 is 9.73 Å². The van der Waals surface area contributed by atoms with E-state index in [1.165, 1.54) is 12.0 Å². The van der Waals surface area contributed by atoms with Crippen molar-refractivity contribution in [1.82, 2.24) is 0 Å². The van der Waals surface area contributed by atoms with Crippen molar-refractivity contribution in [2.75, 3.05) is 5.32 Å². The molecule has 4 heteroatoms. The van der Waals surface area contributed by atoms with Crippen LogP contribution in [0.3, 0.4) is 0 Å². The average Bonchev–Trinajstić information content (AvgIpc) is 2.79. The highest BCUT2D eigenvalue weighted by Crippen LogP contribution is 2.35. The fourth-order valence-electron chi connectivity index (χ4n) is 2.65. The topological polar surface area (TPSA) is 66.0 Å². The Kier molecular flexibility index (Phi) is 2.96. The van der Waals surface area contributed by atoms with Crippen LogP contribution < -0.4 is 5.32 Å². The second-order valence-corrected chi connectivity index (χ2v) is 4.78. The van der Waals surface area contributed by atoms with E-state index in [-0.39, 0.29) is 12.3 Å². The smallest absolute Gasteiger partial charge is 0.238 e. The minimum Gasteiger partial charge on any atom is -0.459 e. The van der Waals surface area contributed by atoms with Gasteiger partial charge in [0.15, 0.2) is 5.58 Å². The molecule has 0 atom stereocenters. The van der Waals surface area contributed by atoms with Crippen LogP contribution in [0.5, 0.6) is 0 Å². The largest absolute Gasteiger partial charge is 0.459 e. The predicted octanol–water partition coefficient (Wildman–Crippen LogP) is 3.16. The number of nitrogens with zero attached hydrogens (tertiary/aromatic N) is 1. The lowest BCUT2D eigenvalue weighted by atomic mass is 9.96. The van der Waals surface area contributed by atoms with Crippen molar-refractivity contribution in [1.29, 1.82) is 5.26 Å². The van der Waals surface area contributed by atoms with Gasteiger partial charge in [-0.1, -0.05) is 12.1 Å². The number of anilines is 1. The number of aryl methyl sites for hydroxylation is 2. The summed E-state index contributed by atoms with van der Waals surface area (Å²) in [7, 11) is 0. The number of fused-ring (bicyclic) bond motifs is 3. The number of nitriles is 1. The number of nitrogens with one attached hydrogen (secondary N) is 1. The van der Waals surface area contributed by atoms with Gasteiger partial charge >= 0.3 is 0 Å². The molecular weight excluding hydrogens is 240 g/mol. The maximum absolute atomic E-state index is 11.5. The highest BCUT2D eigenvalue weighted by atomic mass is 16.3. The molecular formula is C15H14N2O2. The molecule has 0 spiro atoms. The fourth-order valence-corrected chi connectivity index (χ4v) is 2.65. The van der Waals surface area contributed by atoms with Crippen LogP contribution >= 0.6 is 0 Å². The van der Waals surface area contributed by atoms with Gasteiger partial charge in [0.05, 0.1) is 11.8 Å². The van der Waals surface area contributed by atoms with E-state index in [9.17, 15) is 4.79 Å². The minimum atomic E-state index is -0.302. The van der Waals surface area contributed by atoms with E-state index in [0.29, 0.717) is 5.69 Å². The molecule has 1 amide bonds. The van der Waals surface area contributed by atoms with E-state index in [4.69, 9.17) is 9.68 Å². The van der Waals surface area contributed by atoms with E-state index in [0.717, 1.165) is 36.0 Å². The van der Waals surface area contributed by atoms with Crippen molar-refractivity contribution in [3.63, 3.8) is 0 Å². The molecule has 0 saturated carbocycles. The Morgan fingerprint density at radius 1 is 1.37 bits per heavy atom. The summed E-state index contributed by atoms with van der Waals surface area (Å²) < 4.78 is 5.90. The Balaban J connectivity index is 2.04. The van der Waals surface area contributed by atoms with Crippen molar-refractivity contribution in [3.8, 4) is 6.07 Å². The predicted molar refractivity (Wildman–Crippen MR) is 71.7 cm³/mol. The number of carbonyl (C=O) groups is 1. The molecule has 3 rings (SSSR count). The van der Waals surface area contributed by atoms with Gasteiger partial charge in [-0.2, -0.15) is 5.26 Å². The van der Waals surface area contributed by atoms with Crippen molar-refractivity contribution in [2.45, 2.75) is 32.1 Å². The Bertz CT molecular complexity index is 679. The van der Waals surface area contributed by atoms with Crippen LogP contribution in [-0.2, 0) is 17.6 Å². The molecule has 1 aliphatic rings. The van der Waals surface area contributed by atoms with Crippen molar-refractivity contribution in [3.05, 3.63) is 29.5 Å². The van der Waals surface area contributed by atoms with Crippen LogP contribution in [0.25, 0.3) is 11.0 Å². The van der Waals surface area contributed by atoms with Crippen LogP contribution in [0.4, 0.5) is 5.69 Å². The number of benzene rings is 1. The van der Waals surface area contributed by atoms with Gasteiger partial charge in [0.1, 0.15) is 12.2 Å². The molecule has 0 fully saturated rings. The Labute approximate surface area is 111 Å². The van der Waals surface area contributed by atoms with E-state index in [2.05, 4.69) is 5.32 Å². The number of amides is 1. The van der Waals surface area contributed by atoms with Gasteiger partial charge in [0, 0.05) is 17.4 Å². The van der Waals surface area contributed by atoms with E-state index in [1.807, 2.05) is 24.3 Å². The van der Waals surface area contributed by atoms with Crippen molar-refractivity contribution < 1.29 is 9.21 Å². The number of hydrogen-bond donors (Lipinski definition) is 1. The van der Waals surface area contributed by atoms with Crippen LogP contribution in [0, 0.1) is 11.3 Å². The third kappa shape index (κ3) is 2.08. The summed E-state index contributed by atoms with van der Waals surface area (Å²) in [4.78, 5) is 11.5. The van der Waals surface area contributed by atoms with Crippen molar-refractivity contribution in [2.24, 2.45) is 0 Å². The summed E-state index contributed by atoms with van der Waals surface area (Å²) >= 11 is 0. The maximum atomic E-state index is 11.5. The van der Waals surface area contributed by atoms with Gasteiger partial charge in [-0.3, -0.25) is 4.79 Å². The number of hydrogen-bond acceptors (Lipinski definition) is 3. The molecule has 1 heterocycles. The lowest BCUT2D eigenvalue weighted by Crippen LogP contribution is -2.10. The first-order valence-corrected chi connectivity index (χ1v) is 6.49. The first-order valence-electron chi connectivity index (χ1n) is 6.49. The standard InChI is InChI=1S/C15H14N2O2/c16-9-8-14(18)17-12-6-3-5-11-10-4-1-2-7-13(10)19-15(11)12/h3,5-6H,1-2,4,7-8H2,(H,17,18). The molecule has 0 radical (unpaired) electrons. The molecule has 1 N–H and O–H groups in total. The third-order valence-corrected chi connectivity index (χ3v) is 3.50. The second kappa shape index (κ2) is 4.77. The molecule has 1 aromatic carbocycles. The summed E-state index contributed by atoms with van der Waals surface area (Å²) in [5.74, 6) is 0.743. The molecule has 2 aromatic rings. The van der Waals surface area contributed by atoms with Gasteiger partial charge in [-0.05, 0) is 25.3 Å². The van der Waals surface area contributed by atoms with Crippen molar-refractivity contribution >= 4 is 22.6 Å².